The zero-order chi connectivity index (χ0) is 17.8. The van der Waals surface area contributed by atoms with Crippen LogP contribution in [0.25, 0.3) is 5.69 Å². The number of aryl methyl sites for hydroxylation is 1. The Morgan fingerprint density at radius 1 is 1.12 bits per heavy atom. The van der Waals surface area contributed by atoms with E-state index in [0.717, 1.165) is 0 Å². The molecule has 9 heteroatoms. The number of nitrogens with one attached hydrogen (secondary N) is 1. The summed E-state index contributed by atoms with van der Waals surface area (Å²) in [5.74, 6) is -0.445. The molecular weight excluding hydrogens is 344 g/mol. The van der Waals surface area contributed by atoms with Gasteiger partial charge in [0, 0.05) is 31.4 Å². The lowest BCUT2D eigenvalue weighted by Gasteiger charge is -2.03. The molecule has 2 aromatic heterocycles. The summed E-state index contributed by atoms with van der Waals surface area (Å²) in [7, 11) is 0. The van der Waals surface area contributed by atoms with Gasteiger partial charge in [-0.3, -0.25) is 14.3 Å². The number of para-hydroxylation sites is 1. The molecule has 0 atom stereocenters. The Kier molecular flexibility index (Phi) is 4.80. The number of anilines is 1. The third-order valence-electron chi connectivity index (χ3n) is 3.39. The third kappa shape index (κ3) is 4.04. The maximum atomic E-state index is 12.3. The van der Waals surface area contributed by atoms with Crippen LogP contribution in [0.4, 0.5) is 5.82 Å². The van der Waals surface area contributed by atoms with Crippen molar-refractivity contribution >= 4 is 29.2 Å². The lowest BCUT2D eigenvalue weighted by Crippen LogP contribution is -2.15. The van der Waals surface area contributed by atoms with Crippen LogP contribution in [0.2, 0.25) is 5.02 Å². The predicted molar refractivity (Wildman–Crippen MR) is 92.6 cm³/mol. The molecule has 0 aliphatic heterocycles. The summed E-state index contributed by atoms with van der Waals surface area (Å²) < 4.78 is 3.06. The minimum absolute atomic E-state index is 0.178. The van der Waals surface area contributed by atoms with Gasteiger partial charge in [-0.25, -0.2) is 4.68 Å². The second-order valence-corrected chi connectivity index (χ2v) is 5.64. The fraction of sp³-hybridized carbons (Fsp3) is 0.125. The topological polar surface area (TPSA) is 108 Å². The Morgan fingerprint density at radius 2 is 1.92 bits per heavy atom. The maximum Gasteiger partial charge on any atom is 0.277 e. The maximum absolute atomic E-state index is 12.3. The van der Waals surface area contributed by atoms with Crippen molar-refractivity contribution in [2.45, 2.75) is 13.0 Å². The van der Waals surface area contributed by atoms with Crippen molar-refractivity contribution in [3.05, 3.63) is 59.5 Å². The summed E-state index contributed by atoms with van der Waals surface area (Å²) in [4.78, 5) is 23.1. The molecule has 0 spiro atoms. The van der Waals surface area contributed by atoms with Crippen LogP contribution < -0.4 is 11.1 Å². The number of halogens is 1. The number of nitrogens with zero attached hydrogens (tertiary/aromatic N) is 4. The largest absolute Gasteiger partial charge is 0.370 e. The van der Waals surface area contributed by atoms with Gasteiger partial charge < -0.3 is 11.1 Å². The minimum atomic E-state index is -0.411. The van der Waals surface area contributed by atoms with E-state index in [-0.39, 0.29) is 12.1 Å². The number of rotatable bonds is 6. The fourth-order valence-corrected chi connectivity index (χ4v) is 2.40. The van der Waals surface area contributed by atoms with Gasteiger partial charge in [-0.15, -0.1) is 0 Å². The summed E-state index contributed by atoms with van der Waals surface area (Å²) in [6.45, 7) is 0.354. The highest BCUT2D eigenvalue weighted by Gasteiger charge is 2.13. The third-order valence-corrected chi connectivity index (χ3v) is 3.71. The van der Waals surface area contributed by atoms with E-state index >= 15 is 0 Å². The van der Waals surface area contributed by atoms with E-state index in [2.05, 4.69) is 15.5 Å². The van der Waals surface area contributed by atoms with Crippen molar-refractivity contribution in [3.63, 3.8) is 0 Å². The van der Waals surface area contributed by atoms with E-state index in [1.165, 1.54) is 9.36 Å². The smallest absolute Gasteiger partial charge is 0.277 e. The summed E-state index contributed by atoms with van der Waals surface area (Å²) in [6.07, 6.45) is 3.49. The molecule has 0 radical (unpaired) electrons. The average molecular weight is 359 g/mol. The molecule has 0 aliphatic rings. The van der Waals surface area contributed by atoms with Gasteiger partial charge >= 0.3 is 0 Å². The quantitative estimate of drug-likeness (QED) is 0.700. The van der Waals surface area contributed by atoms with Gasteiger partial charge in [-0.2, -0.15) is 10.2 Å². The number of nitrogens with two attached hydrogens (primary N) is 1. The van der Waals surface area contributed by atoms with Crippen molar-refractivity contribution in [1.82, 2.24) is 19.6 Å². The Bertz CT molecular complexity index is 917. The molecule has 0 saturated heterocycles. The average Bonchev–Trinajstić information content (AvgIpc) is 3.23. The first-order chi connectivity index (χ1) is 12.0. The number of carbonyl (C=O) groups is 2. The van der Waals surface area contributed by atoms with Gasteiger partial charge in [0.2, 0.25) is 5.91 Å². The van der Waals surface area contributed by atoms with Crippen molar-refractivity contribution in [3.8, 4) is 5.69 Å². The van der Waals surface area contributed by atoms with E-state index in [9.17, 15) is 9.59 Å². The van der Waals surface area contributed by atoms with E-state index in [4.69, 9.17) is 17.3 Å². The molecule has 3 aromatic rings. The SMILES string of the molecule is NC(=O)CCn1ccc(NC(=O)c2ccn(-c3ccccc3Cl)n2)n1. The Hall–Kier alpha value is -3.13. The predicted octanol–water partition coefficient (Wildman–Crippen LogP) is 1.85. The molecule has 0 fully saturated rings. The molecular formula is C16H15ClN6O2. The van der Waals surface area contributed by atoms with Crippen LogP contribution >= 0.6 is 11.6 Å². The van der Waals surface area contributed by atoms with Crippen LogP contribution in [0.15, 0.2) is 48.8 Å². The van der Waals surface area contributed by atoms with Gasteiger partial charge in [-0.05, 0) is 18.2 Å². The molecule has 3 rings (SSSR count). The Morgan fingerprint density at radius 3 is 2.68 bits per heavy atom. The molecule has 0 saturated carbocycles. The standard InChI is InChI=1S/C16H15ClN6O2/c17-11-3-1-2-4-13(11)23-10-5-12(20-23)16(25)19-15-7-9-22(21-15)8-6-14(18)24/h1-5,7,9-10H,6,8H2,(H2,18,24)(H,19,21,25). The normalized spacial score (nSPS) is 10.6. The van der Waals surface area contributed by atoms with Crippen LogP contribution in [-0.4, -0.2) is 31.4 Å². The molecule has 0 unspecified atom stereocenters. The summed E-state index contributed by atoms with van der Waals surface area (Å²) in [6, 6.07) is 10.4. The molecule has 2 heterocycles. The lowest BCUT2D eigenvalue weighted by molar-refractivity contribution is -0.118. The van der Waals surface area contributed by atoms with Crippen molar-refractivity contribution in [2.24, 2.45) is 5.73 Å². The Balaban J connectivity index is 1.68. The summed E-state index contributed by atoms with van der Waals surface area (Å²) in [5, 5.41) is 11.6. The molecule has 128 valence electrons. The highest BCUT2D eigenvalue weighted by molar-refractivity contribution is 6.32. The molecule has 3 N–H and O–H groups in total. The van der Waals surface area contributed by atoms with E-state index in [0.29, 0.717) is 23.1 Å². The van der Waals surface area contributed by atoms with Crippen LogP contribution in [0.1, 0.15) is 16.9 Å². The number of hydrogen-bond acceptors (Lipinski definition) is 4. The number of hydrogen-bond donors (Lipinski definition) is 2. The number of primary amides is 1. The zero-order valence-electron chi connectivity index (χ0n) is 13.1. The van der Waals surface area contributed by atoms with E-state index in [1.807, 2.05) is 12.1 Å². The van der Waals surface area contributed by atoms with Crippen molar-refractivity contribution in [1.29, 1.82) is 0 Å². The molecule has 0 bridgehead atoms. The second kappa shape index (κ2) is 7.18. The van der Waals surface area contributed by atoms with Crippen molar-refractivity contribution < 1.29 is 9.59 Å². The number of carbonyl (C=O) groups excluding carboxylic acids is 2. The monoisotopic (exact) mass is 358 g/mol. The molecule has 1 aromatic carbocycles. The second-order valence-electron chi connectivity index (χ2n) is 5.23. The number of amides is 2. The first-order valence-electron chi connectivity index (χ1n) is 7.46. The van der Waals surface area contributed by atoms with E-state index < -0.39 is 11.8 Å². The molecule has 0 aliphatic carbocycles. The highest BCUT2D eigenvalue weighted by Crippen LogP contribution is 2.19. The molecule has 8 nitrogen and oxygen atoms in total. The summed E-state index contributed by atoms with van der Waals surface area (Å²) >= 11 is 6.13. The van der Waals surface area contributed by atoms with Crippen LogP contribution in [0.3, 0.4) is 0 Å². The first-order valence-corrected chi connectivity index (χ1v) is 7.84. The molecule has 2 amide bonds. The number of benzene rings is 1. The van der Waals surface area contributed by atoms with Gasteiger partial charge in [0.1, 0.15) is 0 Å². The van der Waals surface area contributed by atoms with Gasteiger partial charge in [0.25, 0.3) is 5.91 Å². The lowest BCUT2D eigenvalue weighted by atomic mass is 10.3. The first kappa shape index (κ1) is 16.7. The van der Waals surface area contributed by atoms with Gasteiger partial charge in [0.05, 0.1) is 10.7 Å². The minimum Gasteiger partial charge on any atom is -0.370 e. The van der Waals surface area contributed by atoms with Gasteiger partial charge in [-0.1, -0.05) is 23.7 Å². The number of aromatic nitrogens is 4. The van der Waals surface area contributed by atoms with Crippen LogP contribution in [0, 0.1) is 0 Å². The van der Waals surface area contributed by atoms with E-state index in [1.54, 1.807) is 36.7 Å². The zero-order valence-corrected chi connectivity index (χ0v) is 13.8. The fourth-order valence-electron chi connectivity index (χ4n) is 2.17. The summed E-state index contributed by atoms with van der Waals surface area (Å²) in [5.41, 5.74) is 6.00. The van der Waals surface area contributed by atoms with Crippen LogP contribution in [0.5, 0.6) is 0 Å². The van der Waals surface area contributed by atoms with Crippen molar-refractivity contribution in [2.75, 3.05) is 5.32 Å². The molecule has 25 heavy (non-hydrogen) atoms. The highest BCUT2D eigenvalue weighted by atomic mass is 35.5. The van der Waals surface area contributed by atoms with Gasteiger partial charge in [0.15, 0.2) is 11.5 Å². The Labute approximate surface area is 148 Å². The van der Waals surface area contributed by atoms with Crippen LogP contribution in [-0.2, 0) is 11.3 Å².